The number of halogens is 2. The first-order valence-corrected chi connectivity index (χ1v) is 14.0. The minimum atomic E-state index is -3.10. The standard InChI is InChI=1S/C29H36F2N6O4/c1-5-8-29(30,31)24-10-23-21(11-33-24)28(3,4)17-37(23)25(38)16-34-12-18(2)36(27(40)41)14-19(34)13-35-15-22-20(26(35)39)7-6-9-32-22/h6-7,9-11,18-19H,5,8,12-17H2,1-4H3,(H,40,41)/t18-,19+/m1/s1. The lowest BCUT2D eigenvalue weighted by Crippen LogP contribution is -2.63. The largest absolute Gasteiger partial charge is 0.465 e. The van der Waals surface area contributed by atoms with Crippen LogP contribution in [0, 0.1) is 0 Å². The van der Waals surface area contributed by atoms with E-state index in [1.165, 1.54) is 17.2 Å². The van der Waals surface area contributed by atoms with E-state index in [4.69, 9.17) is 0 Å². The van der Waals surface area contributed by atoms with Gasteiger partial charge in [0.15, 0.2) is 0 Å². The molecule has 0 aliphatic carbocycles. The van der Waals surface area contributed by atoms with Crippen LogP contribution in [0.15, 0.2) is 30.6 Å². The molecule has 0 radical (unpaired) electrons. The van der Waals surface area contributed by atoms with Gasteiger partial charge in [-0.05, 0) is 25.1 Å². The van der Waals surface area contributed by atoms with Crippen molar-refractivity contribution in [2.24, 2.45) is 0 Å². The minimum absolute atomic E-state index is 0.0474. The van der Waals surface area contributed by atoms with Crippen LogP contribution in [0.3, 0.4) is 0 Å². The summed E-state index contributed by atoms with van der Waals surface area (Å²) < 4.78 is 29.5. The molecule has 12 heteroatoms. The fraction of sp³-hybridized carbons (Fsp3) is 0.552. The van der Waals surface area contributed by atoms with E-state index in [-0.39, 0.29) is 56.1 Å². The van der Waals surface area contributed by atoms with Crippen LogP contribution in [0.1, 0.15) is 67.8 Å². The number of amides is 3. The number of alkyl halides is 2. The number of carbonyl (C=O) groups is 3. The average molecular weight is 571 g/mol. The van der Waals surface area contributed by atoms with Gasteiger partial charge in [0.1, 0.15) is 5.69 Å². The number of carbonyl (C=O) groups excluding carboxylic acids is 2. The fourth-order valence-electron chi connectivity index (χ4n) is 6.21. The number of pyridine rings is 2. The maximum atomic E-state index is 14.8. The van der Waals surface area contributed by atoms with Gasteiger partial charge in [-0.25, -0.2) is 4.79 Å². The molecule has 0 spiro atoms. The van der Waals surface area contributed by atoms with E-state index in [0.717, 1.165) is 5.56 Å². The molecule has 1 saturated heterocycles. The zero-order valence-electron chi connectivity index (χ0n) is 23.8. The van der Waals surface area contributed by atoms with E-state index in [2.05, 4.69) is 9.97 Å². The Morgan fingerprint density at radius 2 is 1.98 bits per heavy atom. The molecule has 0 unspecified atom stereocenters. The summed E-state index contributed by atoms with van der Waals surface area (Å²) in [6, 6.07) is 3.94. The van der Waals surface area contributed by atoms with Gasteiger partial charge in [-0.15, -0.1) is 0 Å². The molecule has 41 heavy (non-hydrogen) atoms. The molecule has 1 N–H and O–H groups in total. The highest BCUT2D eigenvalue weighted by Gasteiger charge is 2.43. The number of nitrogens with zero attached hydrogens (tertiary/aromatic N) is 6. The number of hydrogen-bond donors (Lipinski definition) is 1. The first-order chi connectivity index (χ1) is 19.3. The molecule has 5 rings (SSSR count). The topological polar surface area (TPSA) is 110 Å². The number of hydrogen-bond acceptors (Lipinski definition) is 6. The van der Waals surface area contributed by atoms with Crippen molar-refractivity contribution in [3.8, 4) is 0 Å². The summed E-state index contributed by atoms with van der Waals surface area (Å²) in [7, 11) is 0. The van der Waals surface area contributed by atoms with Crippen molar-refractivity contribution >= 4 is 23.6 Å². The molecular weight excluding hydrogens is 534 g/mol. The molecule has 2 atom stereocenters. The van der Waals surface area contributed by atoms with Crippen LogP contribution >= 0.6 is 0 Å². The minimum Gasteiger partial charge on any atom is -0.465 e. The van der Waals surface area contributed by atoms with Crippen molar-refractivity contribution in [2.75, 3.05) is 37.6 Å². The van der Waals surface area contributed by atoms with Gasteiger partial charge in [-0.3, -0.25) is 24.5 Å². The predicted molar refractivity (Wildman–Crippen MR) is 147 cm³/mol. The molecule has 0 saturated carbocycles. The Labute approximate surface area is 237 Å². The SMILES string of the molecule is CCCC(F)(F)c1cc2c(cn1)C(C)(C)CN2C(=O)CN1C[C@@H](C)N(C(=O)O)C[C@@H]1CN1Cc2ncccc2C1=O. The summed E-state index contributed by atoms with van der Waals surface area (Å²) in [6.45, 7) is 8.58. The molecule has 3 aliphatic rings. The van der Waals surface area contributed by atoms with Crippen molar-refractivity contribution < 1.29 is 28.3 Å². The van der Waals surface area contributed by atoms with E-state index in [0.29, 0.717) is 36.5 Å². The third-order valence-corrected chi connectivity index (χ3v) is 8.41. The van der Waals surface area contributed by atoms with Gasteiger partial charge in [0.2, 0.25) is 5.91 Å². The van der Waals surface area contributed by atoms with Crippen molar-refractivity contribution in [3.63, 3.8) is 0 Å². The summed E-state index contributed by atoms with van der Waals surface area (Å²) in [5, 5.41) is 9.79. The monoisotopic (exact) mass is 570 g/mol. The fourth-order valence-corrected chi connectivity index (χ4v) is 6.21. The molecule has 10 nitrogen and oxygen atoms in total. The molecule has 2 aromatic heterocycles. The second-order valence-electron chi connectivity index (χ2n) is 12.0. The highest BCUT2D eigenvalue weighted by molar-refractivity contribution is 5.98. The van der Waals surface area contributed by atoms with Gasteiger partial charge < -0.3 is 19.8 Å². The highest BCUT2D eigenvalue weighted by Crippen LogP contribution is 2.43. The Kier molecular flexibility index (Phi) is 7.47. The number of anilines is 1. The number of fused-ring (bicyclic) bond motifs is 2. The van der Waals surface area contributed by atoms with Crippen LogP contribution in [0.25, 0.3) is 0 Å². The molecule has 0 bridgehead atoms. The van der Waals surface area contributed by atoms with Crippen LogP contribution < -0.4 is 4.90 Å². The van der Waals surface area contributed by atoms with Crippen LogP contribution in [-0.4, -0.2) is 92.5 Å². The summed E-state index contributed by atoms with van der Waals surface area (Å²) in [5.74, 6) is -3.55. The summed E-state index contributed by atoms with van der Waals surface area (Å²) >= 11 is 0. The summed E-state index contributed by atoms with van der Waals surface area (Å²) in [6.07, 6.45) is 1.99. The van der Waals surface area contributed by atoms with Crippen molar-refractivity contribution in [3.05, 3.63) is 53.1 Å². The zero-order chi connectivity index (χ0) is 29.7. The summed E-state index contributed by atoms with van der Waals surface area (Å²) in [4.78, 5) is 53.7. The van der Waals surface area contributed by atoms with Crippen LogP contribution in [0.2, 0.25) is 0 Å². The maximum Gasteiger partial charge on any atom is 0.407 e. The number of piperazine rings is 1. The molecule has 3 aliphatic heterocycles. The Balaban J connectivity index is 1.39. The second-order valence-corrected chi connectivity index (χ2v) is 12.0. The molecule has 220 valence electrons. The van der Waals surface area contributed by atoms with E-state index < -0.39 is 23.5 Å². The van der Waals surface area contributed by atoms with Crippen molar-refractivity contribution in [1.29, 1.82) is 0 Å². The third-order valence-electron chi connectivity index (χ3n) is 8.41. The molecule has 1 fully saturated rings. The van der Waals surface area contributed by atoms with E-state index in [1.807, 2.05) is 18.7 Å². The lowest BCUT2D eigenvalue weighted by atomic mass is 9.88. The summed E-state index contributed by atoms with van der Waals surface area (Å²) in [5.41, 5.74) is 1.53. The molecule has 5 heterocycles. The van der Waals surface area contributed by atoms with Crippen LogP contribution in [0.5, 0.6) is 0 Å². The molecule has 0 aromatic carbocycles. The van der Waals surface area contributed by atoms with Gasteiger partial charge in [-0.2, -0.15) is 8.78 Å². The maximum absolute atomic E-state index is 14.8. The van der Waals surface area contributed by atoms with Gasteiger partial charge in [0.05, 0.1) is 30.0 Å². The normalized spacial score (nSPS) is 22.2. The Morgan fingerprint density at radius 3 is 2.66 bits per heavy atom. The van der Waals surface area contributed by atoms with E-state index in [1.54, 1.807) is 42.0 Å². The Bertz CT molecular complexity index is 1370. The lowest BCUT2D eigenvalue weighted by Gasteiger charge is -2.45. The second kappa shape index (κ2) is 10.6. The van der Waals surface area contributed by atoms with Gasteiger partial charge in [-0.1, -0.05) is 27.2 Å². The highest BCUT2D eigenvalue weighted by atomic mass is 19.3. The van der Waals surface area contributed by atoms with Gasteiger partial charge in [0.25, 0.3) is 11.8 Å². The number of carboxylic acid groups (broad SMARTS) is 1. The van der Waals surface area contributed by atoms with E-state index in [9.17, 15) is 28.3 Å². The first kappa shape index (κ1) is 28.8. The number of rotatable bonds is 7. The van der Waals surface area contributed by atoms with Crippen molar-refractivity contribution in [1.82, 2.24) is 24.7 Å². The van der Waals surface area contributed by atoms with Crippen LogP contribution in [-0.2, 0) is 22.7 Å². The van der Waals surface area contributed by atoms with Gasteiger partial charge in [0, 0.05) is 68.1 Å². The lowest BCUT2D eigenvalue weighted by molar-refractivity contribution is -0.121. The number of aromatic nitrogens is 2. The molecular formula is C29H36F2N6O4. The third kappa shape index (κ3) is 5.37. The quantitative estimate of drug-likeness (QED) is 0.541. The molecule has 2 aromatic rings. The molecule has 3 amide bonds. The Morgan fingerprint density at radius 1 is 1.22 bits per heavy atom. The van der Waals surface area contributed by atoms with Gasteiger partial charge >= 0.3 is 6.09 Å². The van der Waals surface area contributed by atoms with Crippen LogP contribution in [0.4, 0.5) is 19.3 Å². The zero-order valence-corrected chi connectivity index (χ0v) is 23.8. The van der Waals surface area contributed by atoms with E-state index >= 15 is 0 Å². The Hall–Kier alpha value is -3.67. The average Bonchev–Trinajstić information content (AvgIpc) is 3.37. The first-order valence-electron chi connectivity index (χ1n) is 14.0. The smallest absolute Gasteiger partial charge is 0.407 e. The predicted octanol–water partition coefficient (Wildman–Crippen LogP) is 3.70. The van der Waals surface area contributed by atoms with Crippen molar-refractivity contribution in [2.45, 2.75) is 70.5 Å².